The van der Waals surface area contributed by atoms with E-state index in [-0.39, 0.29) is 0 Å². The summed E-state index contributed by atoms with van der Waals surface area (Å²) in [6.07, 6.45) is 2.01. The van der Waals surface area contributed by atoms with Gasteiger partial charge in [-0.15, -0.1) is 0 Å². The normalized spacial score (nSPS) is 10.5. The summed E-state index contributed by atoms with van der Waals surface area (Å²) in [4.78, 5) is 4.27. The number of hydrogen-bond acceptors (Lipinski definition) is 5. The number of anilines is 1. The maximum Gasteiger partial charge on any atom is 0.245 e. The largest absolute Gasteiger partial charge is 0.376 e. The summed E-state index contributed by atoms with van der Waals surface area (Å²) in [5.41, 5.74) is 2.30. The van der Waals surface area contributed by atoms with E-state index in [9.17, 15) is 0 Å². The van der Waals surface area contributed by atoms with E-state index >= 15 is 0 Å². The van der Waals surface area contributed by atoms with Gasteiger partial charge in [0, 0.05) is 5.69 Å². The van der Waals surface area contributed by atoms with Crippen LogP contribution in [0, 0.1) is 6.92 Å². The van der Waals surface area contributed by atoms with E-state index in [1.54, 1.807) is 11.8 Å². The van der Waals surface area contributed by atoms with E-state index in [1.165, 1.54) is 5.56 Å². The quantitative estimate of drug-likeness (QED) is 0.883. The Morgan fingerprint density at radius 1 is 1.29 bits per heavy atom. The smallest absolute Gasteiger partial charge is 0.245 e. The zero-order valence-corrected chi connectivity index (χ0v) is 10.8. The van der Waals surface area contributed by atoms with Crippen molar-refractivity contribution in [3.8, 4) is 0 Å². The van der Waals surface area contributed by atoms with Crippen LogP contribution in [-0.2, 0) is 12.3 Å². The van der Waals surface area contributed by atoms with Crippen molar-refractivity contribution in [2.75, 3.05) is 11.6 Å². The van der Waals surface area contributed by atoms with Gasteiger partial charge in [-0.2, -0.15) is 16.7 Å². The van der Waals surface area contributed by atoms with E-state index in [4.69, 9.17) is 4.52 Å². The fraction of sp³-hybridized carbons (Fsp3) is 0.333. The van der Waals surface area contributed by atoms with Gasteiger partial charge in [0.15, 0.2) is 5.82 Å². The van der Waals surface area contributed by atoms with Crippen LogP contribution in [0.2, 0.25) is 0 Å². The van der Waals surface area contributed by atoms with Gasteiger partial charge in [0.05, 0.1) is 12.3 Å². The van der Waals surface area contributed by atoms with Crippen LogP contribution < -0.4 is 5.32 Å². The Kier molecular flexibility index (Phi) is 4.03. The average Bonchev–Trinajstić information content (AvgIpc) is 2.77. The minimum Gasteiger partial charge on any atom is -0.376 e. The monoisotopic (exact) mass is 249 g/mol. The van der Waals surface area contributed by atoms with Gasteiger partial charge in [-0.25, -0.2) is 0 Å². The third kappa shape index (κ3) is 3.49. The second kappa shape index (κ2) is 5.72. The zero-order valence-electron chi connectivity index (χ0n) is 9.93. The van der Waals surface area contributed by atoms with E-state index < -0.39 is 0 Å². The molecule has 4 nitrogen and oxygen atoms in total. The number of nitrogens with zero attached hydrogens (tertiary/aromatic N) is 2. The molecule has 0 aliphatic carbocycles. The fourth-order valence-corrected chi connectivity index (χ4v) is 1.77. The molecule has 17 heavy (non-hydrogen) atoms. The number of thioether (sulfide) groups is 1. The van der Waals surface area contributed by atoms with Gasteiger partial charge in [-0.3, -0.25) is 0 Å². The molecule has 1 N–H and O–H groups in total. The highest BCUT2D eigenvalue weighted by Crippen LogP contribution is 2.11. The van der Waals surface area contributed by atoms with Crippen molar-refractivity contribution in [3.63, 3.8) is 0 Å². The van der Waals surface area contributed by atoms with Gasteiger partial charge in [-0.1, -0.05) is 22.9 Å². The molecule has 0 amide bonds. The Morgan fingerprint density at radius 2 is 2.06 bits per heavy atom. The van der Waals surface area contributed by atoms with Crippen molar-refractivity contribution >= 4 is 17.4 Å². The van der Waals surface area contributed by atoms with Crippen LogP contribution in [0.1, 0.15) is 17.3 Å². The average molecular weight is 249 g/mol. The first-order chi connectivity index (χ1) is 8.28. The summed E-state index contributed by atoms with van der Waals surface area (Å²) >= 11 is 1.68. The fourth-order valence-electron chi connectivity index (χ4n) is 1.40. The lowest BCUT2D eigenvalue weighted by atomic mass is 10.2. The molecule has 5 heteroatoms. The summed E-state index contributed by atoms with van der Waals surface area (Å²) in [6.45, 7) is 2.63. The van der Waals surface area contributed by atoms with Crippen molar-refractivity contribution in [1.82, 2.24) is 10.1 Å². The van der Waals surface area contributed by atoms with Crippen LogP contribution >= 0.6 is 11.8 Å². The van der Waals surface area contributed by atoms with E-state index in [0.29, 0.717) is 12.4 Å². The SMILES string of the molecule is CSCc1noc(CNc2ccc(C)cc2)n1. The lowest BCUT2D eigenvalue weighted by Gasteiger charge is -2.02. The third-order valence-electron chi connectivity index (χ3n) is 2.28. The number of aryl methyl sites for hydroxylation is 1. The van der Waals surface area contributed by atoms with Gasteiger partial charge < -0.3 is 9.84 Å². The van der Waals surface area contributed by atoms with Crippen LogP contribution in [0.5, 0.6) is 0 Å². The molecule has 0 spiro atoms. The number of benzene rings is 1. The molecule has 0 radical (unpaired) electrons. The second-order valence-corrected chi connectivity index (χ2v) is 4.62. The number of nitrogens with one attached hydrogen (secondary N) is 1. The molecule has 0 saturated heterocycles. The van der Waals surface area contributed by atoms with E-state index in [2.05, 4.69) is 34.5 Å². The first kappa shape index (κ1) is 12.0. The molecule has 0 bridgehead atoms. The van der Waals surface area contributed by atoms with Crippen molar-refractivity contribution in [2.24, 2.45) is 0 Å². The molecule has 1 heterocycles. The molecule has 90 valence electrons. The van der Waals surface area contributed by atoms with Crippen molar-refractivity contribution < 1.29 is 4.52 Å². The van der Waals surface area contributed by atoms with Gasteiger partial charge in [0.2, 0.25) is 5.89 Å². The Hall–Kier alpha value is -1.49. The molecule has 2 aromatic rings. The minimum absolute atomic E-state index is 0.560. The van der Waals surface area contributed by atoms with Gasteiger partial charge in [0.1, 0.15) is 0 Å². The molecule has 0 aliphatic rings. The summed E-state index contributed by atoms with van der Waals surface area (Å²) < 4.78 is 5.13. The second-order valence-electron chi connectivity index (χ2n) is 3.76. The Balaban J connectivity index is 1.90. The Labute approximate surface area is 105 Å². The van der Waals surface area contributed by atoms with Crippen molar-refractivity contribution in [1.29, 1.82) is 0 Å². The first-order valence-electron chi connectivity index (χ1n) is 5.39. The maximum absolute atomic E-state index is 5.13. The van der Waals surface area contributed by atoms with Crippen molar-refractivity contribution in [3.05, 3.63) is 41.5 Å². The Bertz CT molecular complexity index is 467. The van der Waals surface area contributed by atoms with E-state index in [1.807, 2.05) is 18.4 Å². The lowest BCUT2D eigenvalue weighted by Crippen LogP contribution is -1.99. The number of rotatable bonds is 5. The molecule has 1 aromatic carbocycles. The van der Waals surface area contributed by atoms with Gasteiger partial charge in [-0.05, 0) is 25.3 Å². The highest BCUT2D eigenvalue weighted by molar-refractivity contribution is 7.97. The third-order valence-corrected chi connectivity index (χ3v) is 2.83. The summed E-state index contributed by atoms with van der Waals surface area (Å²) in [7, 11) is 0. The topological polar surface area (TPSA) is 51.0 Å². The molecule has 0 saturated carbocycles. The summed E-state index contributed by atoms with van der Waals surface area (Å²) in [5.74, 6) is 2.15. The van der Waals surface area contributed by atoms with Crippen LogP contribution in [0.25, 0.3) is 0 Å². The van der Waals surface area contributed by atoms with Gasteiger partial charge in [0.25, 0.3) is 0 Å². The molecule has 2 rings (SSSR count). The molecule has 0 atom stereocenters. The van der Waals surface area contributed by atoms with Gasteiger partial charge >= 0.3 is 0 Å². The first-order valence-corrected chi connectivity index (χ1v) is 6.78. The number of hydrogen-bond donors (Lipinski definition) is 1. The van der Waals surface area contributed by atoms with Crippen molar-refractivity contribution in [2.45, 2.75) is 19.2 Å². The molecule has 1 aromatic heterocycles. The molecule has 0 unspecified atom stereocenters. The van der Waals surface area contributed by atoms with Crippen LogP contribution in [0.15, 0.2) is 28.8 Å². The lowest BCUT2D eigenvalue weighted by molar-refractivity contribution is 0.379. The predicted molar refractivity (Wildman–Crippen MR) is 70.0 cm³/mol. The van der Waals surface area contributed by atoms with Crippen LogP contribution in [0.4, 0.5) is 5.69 Å². The molecule has 0 aliphatic heterocycles. The molecular weight excluding hydrogens is 234 g/mol. The Morgan fingerprint density at radius 3 is 2.76 bits per heavy atom. The summed E-state index contributed by atoms with van der Waals surface area (Å²) in [5, 5.41) is 7.13. The van der Waals surface area contributed by atoms with Crippen LogP contribution in [-0.4, -0.2) is 16.4 Å². The minimum atomic E-state index is 0.560. The predicted octanol–water partition coefficient (Wildman–Crippen LogP) is 2.85. The molecule has 0 fully saturated rings. The maximum atomic E-state index is 5.13. The molecular formula is C12H15N3OS. The standard InChI is InChI=1S/C12H15N3OS/c1-9-3-5-10(6-4-9)13-7-12-14-11(8-17-2)15-16-12/h3-6,13H,7-8H2,1-2H3. The zero-order chi connectivity index (χ0) is 12.1. The van der Waals surface area contributed by atoms with Crippen LogP contribution in [0.3, 0.4) is 0 Å². The highest BCUT2D eigenvalue weighted by atomic mass is 32.2. The highest BCUT2D eigenvalue weighted by Gasteiger charge is 2.04. The summed E-state index contributed by atoms with van der Waals surface area (Å²) in [6, 6.07) is 8.20. The van der Waals surface area contributed by atoms with E-state index in [0.717, 1.165) is 17.3 Å². The number of aromatic nitrogens is 2.